The van der Waals surface area contributed by atoms with Gasteiger partial charge in [-0.25, -0.2) is 0 Å². The molecule has 11 heteroatoms. The van der Waals surface area contributed by atoms with E-state index in [0.717, 1.165) is 25.7 Å². The van der Waals surface area contributed by atoms with Gasteiger partial charge in [0.1, 0.15) is 36.6 Å². The van der Waals surface area contributed by atoms with Gasteiger partial charge in [-0.1, -0.05) is 149 Å². The van der Waals surface area contributed by atoms with Crippen LogP contribution in [0, 0.1) is 0 Å². The molecule has 0 saturated carbocycles. The average Bonchev–Trinajstić information content (AvgIpc) is 3.09. The highest BCUT2D eigenvalue weighted by Crippen LogP contribution is 2.23. The number of hydrogen-bond acceptors (Lipinski definition) is 10. The SMILES string of the molecule is CCCCCCCCCCCCCCCCCCCCCC(O)C(=O)NC(COC1OC(CO)C(O)C(O)C1O)C(O)C(O)CCCC. The topological polar surface area (TPSA) is 189 Å². The summed E-state index contributed by atoms with van der Waals surface area (Å²) in [5.41, 5.74) is 0. The van der Waals surface area contributed by atoms with Crippen molar-refractivity contribution in [2.75, 3.05) is 13.2 Å². The molecule has 11 nitrogen and oxygen atoms in total. The van der Waals surface area contributed by atoms with Crippen LogP contribution in [0.4, 0.5) is 0 Å². The lowest BCUT2D eigenvalue weighted by molar-refractivity contribution is -0.303. The van der Waals surface area contributed by atoms with Crippen LogP contribution < -0.4 is 5.32 Å². The number of carbonyl (C=O) groups is 1. The number of nitrogens with one attached hydrogen (secondary N) is 1. The van der Waals surface area contributed by atoms with Gasteiger partial charge in [0.25, 0.3) is 0 Å². The molecule has 0 aromatic carbocycles. The molecule has 9 atom stereocenters. The summed E-state index contributed by atoms with van der Waals surface area (Å²) in [4.78, 5) is 12.8. The van der Waals surface area contributed by atoms with E-state index in [9.17, 15) is 40.5 Å². The zero-order chi connectivity index (χ0) is 35.6. The maximum Gasteiger partial charge on any atom is 0.249 e. The first kappa shape index (κ1) is 45.1. The van der Waals surface area contributed by atoms with Gasteiger partial charge in [-0.2, -0.15) is 0 Å². The van der Waals surface area contributed by atoms with Gasteiger partial charge in [-0.15, -0.1) is 0 Å². The minimum absolute atomic E-state index is 0.263. The van der Waals surface area contributed by atoms with Crippen molar-refractivity contribution in [2.45, 2.75) is 217 Å². The normalized spacial score (nSPS) is 23.9. The van der Waals surface area contributed by atoms with E-state index in [-0.39, 0.29) is 12.8 Å². The lowest BCUT2D eigenvalue weighted by atomic mass is 9.99. The molecule has 0 aromatic rings. The van der Waals surface area contributed by atoms with Crippen molar-refractivity contribution in [3.8, 4) is 0 Å². The monoisotopic (exact) mass is 692 g/mol. The van der Waals surface area contributed by atoms with Crippen molar-refractivity contribution >= 4 is 5.91 Å². The average molecular weight is 692 g/mol. The van der Waals surface area contributed by atoms with Crippen molar-refractivity contribution in [1.82, 2.24) is 5.32 Å². The Morgan fingerprint density at radius 3 is 1.56 bits per heavy atom. The fourth-order valence-corrected chi connectivity index (χ4v) is 6.31. The summed E-state index contributed by atoms with van der Waals surface area (Å²) in [6.45, 7) is 3.15. The standard InChI is InChI=1S/C37H73NO10/c1-3-5-7-8-9-10-11-12-13-14-15-16-17-18-19-20-21-22-23-25-30(41)36(46)38-28(32(42)29(40)24-6-4-2)27-47-37-35(45)34(44)33(43)31(26-39)48-37/h28-35,37,39-45H,3-27H2,1-2H3,(H,38,46). The van der Waals surface area contributed by atoms with Crippen LogP contribution in [0.25, 0.3) is 0 Å². The number of ether oxygens (including phenoxy) is 2. The molecular weight excluding hydrogens is 618 g/mol. The molecule has 8 N–H and O–H groups in total. The van der Waals surface area contributed by atoms with E-state index in [4.69, 9.17) is 9.47 Å². The minimum Gasteiger partial charge on any atom is -0.394 e. The van der Waals surface area contributed by atoms with Crippen molar-refractivity contribution in [2.24, 2.45) is 0 Å². The maximum absolute atomic E-state index is 12.8. The number of rotatable bonds is 31. The van der Waals surface area contributed by atoms with E-state index in [1.165, 1.54) is 96.3 Å². The third-order valence-corrected chi connectivity index (χ3v) is 9.66. The Morgan fingerprint density at radius 1 is 0.646 bits per heavy atom. The van der Waals surface area contributed by atoms with Crippen molar-refractivity contribution in [1.29, 1.82) is 0 Å². The van der Waals surface area contributed by atoms with E-state index in [0.29, 0.717) is 12.8 Å². The van der Waals surface area contributed by atoms with Crippen LogP contribution in [0.5, 0.6) is 0 Å². The van der Waals surface area contributed by atoms with E-state index >= 15 is 0 Å². The molecule has 0 bridgehead atoms. The van der Waals surface area contributed by atoms with Gasteiger partial charge in [0.15, 0.2) is 6.29 Å². The number of carbonyl (C=O) groups excluding carboxylic acids is 1. The lowest BCUT2D eigenvalue weighted by Crippen LogP contribution is -2.60. The third kappa shape index (κ3) is 19.5. The third-order valence-electron chi connectivity index (χ3n) is 9.66. The molecule has 1 saturated heterocycles. The highest BCUT2D eigenvalue weighted by atomic mass is 16.7. The summed E-state index contributed by atoms with van der Waals surface area (Å²) in [7, 11) is 0. The van der Waals surface area contributed by atoms with Crippen LogP contribution in [-0.2, 0) is 14.3 Å². The Morgan fingerprint density at radius 2 is 1.10 bits per heavy atom. The molecule has 0 spiro atoms. The van der Waals surface area contributed by atoms with Crippen LogP contribution in [0.2, 0.25) is 0 Å². The number of aliphatic hydroxyl groups is 7. The highest BCUT2D eigenvalue weighted by molar-refractivity contribution is 5.80. The van der Waals surface area contributed by atoms with E-state index in [2.05, 4.69) is 12.2 Å². The second-order valence-electron chi connectivity index (χ2n) is 14.0. The Bertz CT molecular complexity index is 760. The van der Waals surface area contributed by atoms with Gasteiger partial charge in [-0.3, -0.25) is 4.79 Å². The lowest BCUT2D eigenvalue weighted by Gasteiger charge is -2.40. The molecule has 0 aliphatic carbocycles. The van der Waals surface area contributed by atoms with Crippen LogP contribution >= 0.6 is 0 Å². The van der Waals surface area contributed by atoms with E-state index < -0.39 is 74.2 Å². The van der Waals surface area contributed by atoms with E-state index in [1.54, 1.807) is 0 Å². The summed E-state index contributed by atoms with van der Waals surface area (Å²) in [5.74, 6) is -0.707. The number of hydrogen-bond donors (Lipinski definition) is 8. The van der Waals surface area contributed by atoms with Crippen molar-refractivity contribution in [3.05, 3.63) is 0 Å². The Kier molecular flexibility index (Phi) is 27.0. The predicted octanol–water partition coefficient (Wildman–Crippen LogP) is 4.38. The second-order valence-corrected chi connectivity index (χ2v) is 14.0. The summed E-state index contributed by atoms with van der Waals surface area (Å²) in [6.07, 6.45) is 14.6. The molecular formula is C37H73NO10. The van der Waals surface area contributed by atoms with Gasteiger partial charge in [0.05, 0.1) is 25.4 Å². The zero-order valence-electron chi connectivity index (χ0n) is 30.2. The van der Waals surface area contributed by atoms with Crippen LogP contribution in [0.15, 0.2) is 0 Å². The number of aliphatic hydroxyl groups excluding tert-OH is 7. The summed E-state index contributed by atoms with van der Waals surface area (Å²) >= 11 is 0. The molecule has 286 valence electrons. The number of amides is 1. The van der Waals surface area contributed by atoms with Gasteiger partial charge in [-0.05, 0) is 12.8 Å². The molecule has 9 unspecified atom stereocenters. The van der Waals surface area contributed by atoms with E-state index in [1.807, 2.05) is 6.92 Å². The smallest absolute Gasteiger partial charge is 0.249 e. The Balaban J connectivity index is 2.27. The van der Waals surface area contributed by atoms with Gasteiger partial charge < -0.3 is 50.5 Å². The fourth-order valence-electron chi connectivity index (χ4n) is 6.31. The van der Waals surface area contributed by atoms with Gasteiger partial charge in [0, 0.05) is 0 Å². The quantitative estimate of drug-likeness (QED) is 0.0485. The Labute approximate surface area is 290 Å². The maximum atomic E-state index is 12.8. The van der Waals surface area contributed by atoms with Crippen molar-refractivity contribution in [3.63, 3.8) is 0 Å². The van der Waals surface area contributed by atoms with Crippen LogP contribution in [0.1, 0.15) is 162 Å². The molecule has 48 heavy (non-hydrogen) atoms. The molecule has 1 heterocycles. The molecule has 1 amide bonds. The highest BCUT2D eigenvalue weighted by Gasteiger charge is 2.44. The first-order valence-electron chi connectivity index (χ1n) is 19.4. The Hall–Kier alpha value is -0.890. The van der Waals surface area contributed by atoms with Crippen LogP contribution in [-0.4, -0.2) is 110 Å². The molecule has 1 aliphatic heterocycles. The first-order valence-corrected chi connectivity index (χ1v) is 19.4. The zero-order valence-corrected chi connectivity index (χ0v) is 30.2. The van der Waals surface area contributed by atoms with Gasteiger partial charge in [0.2, 0.25) is 5.91 Å². The predicted molar refractivity (Wildman–Crippen MR) is 187 cm³/mol. The number of unbranched alkanes of at least 4 members (excludes halogenated alkanes) is 19. The van der Waals surface area contributed by atoms with Crippen LogP contribution in [0.3, 0.4) is 0 Å². The summed E-state index contributed by atoms with van der Waals surface area (Å²) in [6, 6.07) is -1.16. The fraction of sp³-hybridized carbons (Fsp3) is 0.973. The molecule has 0 radical (unpaired) electrons. The molecule has 1 rings (SSSR count). The molecule has 1 aliphatic rings. The molecule has 1 fully saturated rings. The molecule has 0 aromatic heterocycles. The first-order chi connectivity index (χ1) is 23.2. The van der Waals surface area contributed by atoms with Gasteiger partial charge >= 0.3 is 0 Å². The van der Waals surface area contributed by atoms with Crippen molar-refractivity contribution < 1.29 is 50.0 Å². The summed E-state index contributed by atoms with van der Waals surface area (Å²) in [5, 5.41) is 74.1. The minimum atomic E-state index is -1.65. The largest absolute Gasteiger partial charge is 0.394 e. The second kappa shape index (κ2) is 28.8. The summed E-state index contributed by atoms with van der Waals surface area (Å²) < 4.78 is 10.9.